The van der Waals surface area contributed by atoms with E-state index in [0.29, 0.717) is 0 Å². The number of carbonyl (C=O) groups excluding carboxylic acids is 1. The van der Waals surface area contributed by atoms with Gasteiger partial charge in [0.2, 0.25) is 0 Å². The molecule has 0 aliphatic rings. The van der Waals surface area contributed by atoms with E-state index in [2.05, 4.69) is 4.74 Å². The number of benzene rings is 1. The van der Waals surface area contributed by atoms with Crippen LogP contribution in [0.15, 0.2) is 12.1 Å². The fraction of sp³-hybridized carbons (Fsp3) is 0.300. The number of ether oxygens (including phenoxy) is 1. The molecule has 0 unspecified atom stereocenters. The lowest BCUT2D eigenvalue weighted by Crippen LogP contribution is -2.04. The first kappa shape index (κ1) is 13.0. The van der Waals surface area contributed by atoms with Crippen LogP contribution in [0.5, 0.6) is 5.75 Å². The van der Waals surface area contributed by atoms with Gasteiger partial charge in [-0.1, -0.05) is 0 Å². The third-order valence-electron chi connectivity index (χ3n) is 2.16. The summed E-state index contributed by atoms with van der Waals surface area (Å²) in [4.78, 5) is 21.0. The van der Waals surface area contributed by atoms with Crippen LogP contribution in [0.3, 0.4) is 0 Å². The first-order chi connectivity index (χ1) is 7.88. The molecule has 0 heterocycles. The number of nitro benzene ring substituents is 1. The van der Waals surface area contributed by atoms with E-state index in [1.54, 1.807) is 0 Å². The van der Waals surface area contributed by atoms with Crippen molar-refractivity contribution >= 4 is 11.5 Å². The lowest BCUT2D eigenvalue weighted by molar-refractivity contribution is -0.385. The lowest BCUT2D eigenvalue weighted by Gasteiger charge is -2.09. The number of carbonyl (C=O) groups is 1. The Kier molecular flexibility index (Phi) is 3.72. The van der Waals surface area contributed by atoms with Gasteiger partial charge in [0.05, 0.1) is 12.0 Å². The number of ketones is 1. The van der Waals surface area contributed by atoms with Gasteiger partial charge >= 0.3 is 5.69 Å². The maximum atomic E-state index is 12.7. The molecule has 0 saturated carbocycles. The molecular weight excluding hydrogens is 236 g/mol. The molecule has 92 valence electrons. The Morgan fingerprint density at radius 3 is 2.41 bits per heavy atom. The van der Waals surface area contributed by atoms with Crippen LogP contribution in [0.2, 0.25) is 0 Å². The Bertz CT molecular complexity index is 474. The van der Waals surface area contributed by atoms with Crippen molar-refractivity contribution in [3.63, 3.8) is 0 Å². The quantitative estimate of drug-likeness (QED) is 0.464. The van der Waals surface area contributed by atoms with Crippen molar-refractivity contribution in [2.75, 3.05) is 7.11 Å². The maximum Gasteiger partial charge on any atom is 0.311 e. The number of nitro groups is 1. The maximum absolute atomic E-state index is 12.7. The van der Waals surface area contributed by atoms with Crippen molar-refractivity contribution < 1.29 is 23.2 Å². The molecule has 0 atom stereocenters. The van der Waals surface area contributed by atoms with Crippen LogP contribution in [0.4, 0.5) is 14.5 Å². The zero-order chi connectivity index (χ0) is 13.2. The summed E-state index contributed by atoms with van der Waals surface area (Å²) in [5.74, 6) is -0.957. The molecule has 0 aromatic heterocycles. The summed E-state index contributed by atoms with van der Waals surface area (Å²) < 4.78 is 30.0. The van der Waals surface area contributed by atoms with E-state index < -0.39 is 28.4 Å². The van der Waals surface area contributed by atoms with Crippen molar-refractivity contribution in [2.45, 2.75) is 13.3 Å². The van der Waals surface area contributed by atoms with Crippen molar-refractivity contribution in [1.29, 1.82) is 0 Å². The standard InChI is InChI=1S/C10H9F2NO4/c1-5(14)6-3-8(13(15)16)9(17-2)4-7(6)10(11)12/h3-4,10H,1-2H3. The van der Waals surface area contributed by atoms with E-state index in [-0.39, 0.29) is 11.3 Å². The lowest BCUT2D eigenvalue weighted by atomic mass is 10.0. The minimum absolute atomic E-state index is 0.296. The fourth-order valence-electron chi connectivity index (χ4n) is 1.38. The number of rotatable bonds is 4. The van der Waals surface area contributed by atoms with E-state index in [9.17, 15) is 23.7 Å². The summed E-state index contributed by atoms with van der Waals surface area (Å²) in [6.45, 7) is 1.07. The Hall–Kier alpha value is -2.05. The topological polar surface area (TPSA) is 69.4 Å². The Balaban J connectivity index is 3.53. The zero-order valence-electron chi connectivity index (χ0n) is 9.07. The Morgan fingerprint density at radius 1 is 1.47 bits per heavy atom. The second-order valence-electron chi connectivity index (χ2n) is 3.23. The minimum atomic E-state index is -2.90. The third-order valence-corrected chi connectivity index (χ3v) is 2.16. The van der Waals surface area contributed by atoms with E-state index in [1.165, 1.54) is 0 Å². The third kappa shape index (κ3) is 2.55. The molecule has 0 saturated heterocycles. The molecule has 0 N–H and O–H groups in total. The molecule has 1 rings (SSSR count). The molecule has 0 bridgehead atoms. The fourth-order valence-corrected chi connectivity index (χ4v) is 1.38. The van der Waals surface area contributed by atoms with E-state index >= 15 is 0 Å². The van der Waals surface area contributed by atoms with Crippen LogP contribution < -0.4 is 4.74 Å². The number of hydrogen-bond donors (Lipinski definition) is 0. The predicted molar refractivity (Wildman–Crippen MR) is 54.6 cm³/mol. The molecule has 0 spiro atoms. The van der Waals surface area contributed by atoms with Crippen molar-refractivity contribution in [3.8, 4) is 5.75 Å². The number of Topliss-reactive ketones (excluding diaryl/α,β-unsaturated/α-hetero) is 1. The highest BCUT2D eigenvalue weighted by molar-refractivity contribution is 5.96. The van der Waals surface area contributed by atoms with Gasteiger partial charge in [0.25, 0.3) is 6.43 Å². The van der Waals surface area contributed by atoms with E-state index in [1.807, 2.05) is 0 Å². The summed E-state index contributed by atoms with van der Waals surface area (Å²) in [6, 6.07) is 1.63. The molecule has 5 nitrogen and oxygen atoms in total. The van der Waals surface area contributed by atoms with E-state index in [4.69, 9.17) is 0 Å². The Labute approximate surface area is 95.2 Å². The molecule has 0 amide bonds. The normalized spacial score (nSPS) is 10.4. The van der Waals surface area contributed by atoms with E-state index in [0.717, 1.165) is 26.2 Å². The van der Waals surface area contributed by atoms with Crippen LogP contribution in [0.25, 0.3) is 0 Å². The van der Waals surface area contributed by atoms with Crippen molar-refractivity contribution in [3.05, 3.63) is 33.4 Å². The number of halogens is 2. The number of methoxy groups -OCH3 is 1. The molecule has 7 heteroatoms. The summed E-state index contributed by atoms with van der Waals surface area (Å²) in [5, 5.41) is 10.7. The van der Waals surface area contributed by atoms with Crippen molar-refractivity contribution in [2.24, 2.45) is 0 Å². The molecule has 0 aliphatic carbocycles. The monoisotopic (exact) mass is 245 g/mol. The molecule has 0 radical (unpaired) electrons. The van der Waals surface area contributed by atoms with Gasteiger partial charge in [-0.2, -0.15) is 0 Å². The largest absolute Gasteiger partial charge is 0.490 e. The highest BCUT2D eigenvalue weighted by atomic mass is 19.3. The van der Waals surface area contributed by atoms with Crippen LogP contribution in [-0.2, 0) is 0 Å². The molecule has 17 heavy (non-hydrogen) atoms. The first-order valence-electron chi connectivity index (χ1n) is 4.54. The Morgan fingerprint density at radius 2 is 2.06 bits per heavy atom. The summed E-state index contributed by atoms with van der Waals surface area (Å²) in [7, 11) is 1.13. The summed E-state index contributed by atoms with van der Waals surface area (Å²) in [6.07, 6.45) is -2.90. The van der Waals surface area contributed by atoms with Crippen LogP contribution in [-0.4, -0.2) is 17.8 Å². The van der Waals surface area contributed by atoms with Gasteiger partial charge in [-0.25, -0.2) is 8.78 Å². The van der Waals surface area contributed by atoms with Crippen LogP contribution >= 0.6 is 0 Å². The highest BCUT2D eigenvalue weighted by Crippen LogP contribution is 2.34. The molecule has 0 aliphatic heterocycles. The van der Waals surface area contributed by atoms with Gasteiger partial charge in [0, 0.05) is 17.2 Å². The van der Waals surface area contributed by atoms with Gasteiger partial charge in [-0.15, -0.1) is 0 Å². The predicted octanol–water partition coefficient (Wildman–Crippen LogP) is 2.74. The number of hydrogen-bond acceptors (Lipinski definition) is 4. The highest BCUT2D eigenvalue weighted by Gasteiger charge is 2.24. The van der Waals surface area contributed by atoms with Crippen LogP contribution in [0.1, 0.15) is 29.3 Å². The SMILES string of the molecule is COc1cc(C(F)F)c(C(C)=O)cc1[N+](=O)[O-]. The van der Waals surface area contributed by atoms with Gasteiger partial charge in [0.1, 0.15) is 0 Å². The zero-order valence-corrected chi connectivity index (χ0v) is 9.07. The average molecular weight is 245 g/mol. The second-order valence-corrected chi connectivity index (χ2v) is 3.23. The van der Waals surface area contributed by atoms with Gasteiger partial charge in [0.15, 0.2) is 11.5 Å². The molecule has 1 aromatic carbocycles. The molecule has 1 aromatic rings. The minimum Gasteiger partial charge on any atom is -0.490 e. The average Bonchev–Trinajstić information content (AvgIpc) is 2.26. The number of nitrogens with zero attached hydrogens (tertiary/aromatic N) is 1. The van der Waals surface area contributed by atoms with Crippen LogP contribution in [0, 0.1) is 10.1 Å². The van der Waals surface area contributed by atoms with Gasteiger partial charge in [-0.3, -0.25) is 14.9 Å². The van der Waals surface area contributed by atoms with Gasteiger partial charge in [-0.05, 0) is 13.0 Å². The smallest absolute Gasteiger partial charge is 0.311 e. The van der Waals surface area contributed by atoms with Gasteiger partial charge < -0.3 is 4.74 Å². The van der Waals surface area contributed by atoms with Crippen molar-refractivity contribution in [1.82, 2.24) is 0 Å². The molecule has 0 fully saturated rings. The summed E-state index contributed by atoms with van der Waals surface area (Å²) in [5.41, 5.74) is -1.45. The number of alkyl halides is 2. The second kappa shape index (κ2) is 4.86. The molecular formula is C10H9F2NO4. The summed E-state index contributed by atoms with van der Waals surface area (Å²) >= 11 is 0. The first-order valence-corrected chi connectivity index (χ1v) is 4.54.